The van der Waals surface area contributed by atoms with Crippen molar-refractivity contribution in [1.82, 2.24) is 0 Å². The van der Waals surface area contributed by atoms with Crippen LogP contribution in [0.3, 0.4) is 0 Å². The van der Waals surface area contributed by atoms with E-state index in [-0.39, 0.29) is 0 Å². The van der Waals surface area contributed by atoms with Gasteiger partial charge in [0.1, 0.15) is 0 Å². The Bertz CT molecular complexity index is 720. The molecule has 0 radical (unpaired) electrons. The number of hydrogen-bond acceptors (Lipinski definition) is 0. The van der Waals surface area contributed by atoms with Crippen LogP contribution in [0, 0.1) is 17.8 Å². The zero-order valence-electron chi connectivity index (χ0n) is 13.2. The van der Waals surface area contributed by atoms with Gasteiger partial charge in [-0.05, 0) is 36.1 Å². The van der Waals surface area contributed by atoms with E-state index in [0.717, 1.165) is 18.4 Å². The van der Waals surface area contributed by atoms with Crippen LogP contribution in [0.25, 0.3) is 0 Å². The molecule has 0 unspecified atom stereocenters. The van der Waals surface area contributed by atoms with Crippen LogP contribution in [0.4, 0.5) is 0 Å². The van der Waals surface area contributed by atoms with Crippen LogP contribution in [0.15, 0.2) is 91.0 Å². The molecule has 0 N–H and O–H groups in total. The number of benzene rings is 3. The Morgan fingerprint density at radius 3 is 1.48 bits per heavy atom. The third-order valence-electron chi connectivity index (χ3n) is 3.84. The average Bonchev–Trinajstić information content (AvgIpc) is 2.62. The maximum Gasteiger partial charge on any atom is 0.0287 e. The highest BCUT2D eigenvalue weighted by atomic mass is 14.1. The molecule has 0 aromatic heterocycles. The summed E-state index contributed by atoms with van der Waals surface area (Å²) in [6.07, 6.45) is 1.96. The smallest absolute Gasteiger partial charge is 0.0287 e. The molecule has 0 aliphatic heterocycles. The predicted molar refractivity (Wildman–Crippen MR) is 97.1 cm³/mol. The van der Waals surface area contributed by atoms with Crippen molar-refractivity contribution in [2.24, 2.45) is 5.92 Å². The molecule has 0 bridgehead atoms. The molecule has 0 fully saturated rings. The first-order valence-corrected chi connectivity index (χ1v) is 8.04. The molecule has 0 heteroatoms. The van der Waals surface area contributed by atoms with Gasteiger partial charge in [-0.15, -0.1) is 0 Å². The molecule has 112 valence electrons. The third-order valence-corrected chi connectivity index (χ3v) is 3.84. The molecule has 0 nitrogen and oxygen atoms in total. The Morgan fingerprint density at radius 2 is 1.00 bits per heavy atom. The second-order valence-corrected chi connectivity index (χ2v) is 5.71. The Kier molecular flexibility index (Phi) is 5.27. The average molecular weight is 296 g/mol. The van der Waals surface area contributed by atoms with E-state index in [2.05, 4.69) is 84.6 Å². The third kappa shape index (κ3) is 4.87. The van der Waals surface area contributed by atoms with Crippen molar-refractivity contribution in [2.75, 3.05) is 0 Å². The van der Waals surface area contributed by atoms with E-state index in [9.17, 15) is 0 Å². The topological polar surface area (TPSA) is 0 Å². The Balaban J connectivity index is 1.80. The molecule has 3 aromatic rings. The lowest BCUT2D eigenvalue weighted by atomic mass is 9.93. The van der Waals surface area contributed by atoms with Crippen molar-refractivity contribution < 1.29 is 0 Å². The molecule has 0 atom stereocenters. The monoisotopic (exact) mass is 296 g/mol. The Morgan fingerprint density at radius 1 is 0.565 bits per heavy atom. The molecule has 23 heavy (non-hydrogen) atoms. The fourth-order valence-corrected chi connectivity index (χ4v) is 2.68. The highest BCUT2D eigenvalue weighted by Crippen LogP contribution is 2.14. The minimum absolute atomic E-state index is 0.319. The first-order valence-electron chi connectivity index (χ1n) is 8.04. The maximum atomic E-state index is 3.48. The van der Waals surface area contributed by atoms with E-state index in [1.165, 1.54) is 11.1 Å². The molecule has 0 heterocycles. The van der Waals surface area contributed by atoms with E-state index in [0.29, 0.717) is 5.92 Å². The molecule has 0 amide bonds. The zero-order valence-corrected chi connectivity index (χ0v) is 13.2. The van der Waals surface area contributed by atoms with Gasteiger partial charge >= 0.3 is 0 Å². The van der Waals surface area contributed by atoms with Crippen molar-refractivity contribution >= 4 is 0 Å². The van der Waals surface area contributed by atoms with Gasteiger partial charge in [0, 0.05) is 11.5 Å². The number of rotatable bonds is 4. The number of hydrogen-bond donors (Lipinski definition) is 0. The fourth-order valence-electron chi connectivity index (χ4n) is 2.68. The summed E-state index contributed by atoms with van der Waals surface area (Å²) in [5.74, 6) is 7.14. The highest BCUT2D eigenvalue weighted by molar-refractivity contribution is 5.35. The Labute approximate surface area is 138 Å². The summed E-state index contributed by atoms with van der Waals surface area (Å²) < 4.78 is 0. The largest absolute Gasteiger partial charge is 0.0938 e. The highest BCUT2D eigenvalue weighted by Gasteiger charge is 2.08. The summed E-state index contributed by atoms with van der Waals surface area (Å²) in [6.45, 7) is 0. The van der Waals surface area contributed by atoms with Gasteiger partial charge in [0.15, 0.2) is 0 Å². The van der Waals surface area contributed by atoms with Gasteiger partial charge in [-0.25, -0.2) is 0 Å². The second kappa shape index (κ2) is 8.01. The van der Waals surface area contributed by atoms with Crippen LogP contribution >= 0.6 is 0 Å². The van der Waals surface area contributed by atoms with Crippen molar-refractivity contribution in [3.05, 3.63) is 108 Å². The Hall–Kier alpha value is -2.78. The summed E-state index contributed by atoms with van der Waals surface area (Å²) in [5, 5.41) is 0. The van der Waals surface area contributed by atoms with Crippen molar-refractivity contribution in [1.29, 1.82) is 0 Å². The molecule has 0 saturated heterocycles. The lowest BCUT2D eigenvalue weighted by molar-refractivity contribution is 0.667. The van der Waals surface area contributed by atoms with Crippen LogP contribution in [-0.4, -0.2) is 0 Å². The lowest BCUT2D eigenvalue weighted by Crippen LogP contribution is -2.06. The van der Waals surface area contributed by atoms with Crippen LogP contribution in [0.5, 0.6) is 0 Å². The van der Waals surface area contributed by atoms with Gasteiger partial charge in [0.25, 0.3) is 0 Å². The predicted octanol–water partition coefficient (Wildman–Crippen LogP) is 5.14. The minimum Gasteiger partial charge on any atom is -0.0938 e. The van der Waals surface area contributed by atoms with Gasteiger partial charge in [-0.2, -0.15) is 0 Å². The molecule has 0 spiro atoms. The van der Waals surface area contributed by atoms with Gasteiger partial charge < -0.3 is 0 Å². The van der Waals surface area contributed by atoms with Gasteiger partial charge in [0.05, 0.1) is 0 Å². The maximum absolute atomic E-state index is 3.48. The van der Waals surface area contributed by atoms with Crippen molar-refractivity contribution in [2.45, 2.75) is 12.8 Å². The summed E-state index contributed by atoms with van der Waals surface area (Å²) in [4.78, 5) is 0. The molecule has 0 aliphatic rings. The first-order chi connectivity index (χ1) is 11.4. The first kappa shape index (κ1) is 15.1. The van der Waals surface area contributed by atoms with Crippen LogP contribution in [-0.2, 0) is 12.8 Å². The summed E-state index contributed by atoms with van der Waals surface area (Å²) in [5.41, 5.74) is 3.77. The van der Waals surface area contributed by atoms with Crippen LogP contribution < -0.4 is 0 Å². The molecule has 3 aromatic carbocycles. The SMILES string of the molecule is C(#CC(Cc1ccccc1)Cc1ccccc1)c1ccccc1. The molecular weight excluding hydrogens is 276 g/mol. The van der Waals surface area contributed by atoms with E-state index in [1.54, 1.807) is 0 Å². The van der Waals surface area contributed by atoms with Crippen molar-refractivity contribution in [3.8, 4) is 11.8 Å². The summed E-state index contributed by atoms with van der Waals surface area (Å²) >= 11 is 0. The van der Waals surface area contributed by atoms with E-state index < -0.39 is 0 Å². The summed E-state index contributed by atoms with van der Waals surface area (Å²) in [6, 6.07) is 31.5. The van der Waals surface area contributed by atoms with Gasteiger partial charge in [-0.1, -0.05) is 90.7 Å². The van der Waals surface area contributed by atoms with Crippen molar-refractivity contribution in [3.63, 3.8) is 0 Å². The van der Waals surface area contributed by atoms with Gasteiger partial charge in [-0.3, -0.25) is 0 Å². The zero-order chi connectivity index (χ0) is 15.7. The second-order valence-electron chi connectivity index (χ2n) is 5.71. The molecular formula is C23H20. The fraction of sp³-hybridized carbons (Fsp3) is 0.130. The standard InChI is InChI=1S/C23H20/c1-4-10-20(11-5-1)16-17-23(18-21-12-6-2-7-13-21)19-22-14-8-3-9-15-22/h1-15,23H,18-19H2. The summed E-state index contributed by atoms with van der Waals surface area (Å²) in [7, 11) is 0. The van der Waals surface area contributed by atoms with E-state index in [4.69, 9.17) is 0 Å². The molecule has 0 saturated carbocycles. The quantitative estimate of drug-likeness (QED) is 0.585. The van der Waals surface area contributed by atoms with E-state index in [1.807, 2.05) is 18.2 Å². The van der Waals surface area contributed by atoms with Crippen LogP contribution in [0.1, 0.15) is 16.7 Å². The minimum atomic E-state index is 0.319. The molecule has 3 rings (SSSR count). The molecule has 0 aliphatic carbocycles. The van der Waals surface area contributed by atoms with E-state index >= 15 is 0 Å². The van der Waals surface area contributed by atoms with Gasteiger partial charge in [0.2, 0.25) is 0 Å². The normalized spacial score (nSPS) is 10.1. The van der Waals surface area contributed by atoms with Crippen LogP contribution in [0.2, 0.25) is 0 Å². The lowest BCUT2D eigenvalue weighted by Gasteiger charge is -2.11.